The molecule has 0 saturated carbocycles. The highest BCUT2D eigenvalue weighted by molar-refractivity contribution is 7.86. The molecule has 0 amide bonds. The van der Waals surface area contributed by atoms with Crippen molar-refractivity contribution in [1.82, 2.24) is 8.61 Å². The minimum atomic E-state index is -3.25. The summed E-state index contributed by atoms with van der Waals surface area (Å²) < 4.78 is 28.2. The van der Waals surface area contributed by atoms with Crippen LogP contribution >= 0.6 is 0 Å². The number of hydrogen-bond donors (Lipinski definition) is 1. The SMILES string of the molecule is O=S(=O)(N1CCCC1)N1CCC(c2ccc(O)cc2)CC1. The molecule has 0 aromatic heterocycles. The molecule has 2 heterocycles. The number of piperidine rings is 1. The Morgan fingerprint density at radius 1 is 0.905 bits per heavy atom. The van der Waals surface area contributed by atoms with Gasteiger partial charge < -0.3 is 5.11 Å². The van der Waals surface area contributed by atoms with Crippen LogP contribution in [0.25, 0.3) is 0 Å². The molecule has 1 aromatic rings. The van der Waals surface area contributed by atoms with E-state index in [9.17, 15) is 13.5 Å². The molecule has 0 aliphatic carbocycles. The van der Waals surface area contributed by atoms with Crippen LogP contribution in [-0.4, -0.2) is 48.3 Å². The maximum absolute atomic E-state index is 12.5. The van der Waals surface area contributed by atoms with Gasteiger partial charge in [0.2, 0.25) is 0 Å². The predicted molar refractivity (Wildman–Crippen MR) is 81.4 cm³/mol. The van der Waals surface area contributed by atoms with Crippen molar-refractivity contribution in [2.45, 2.75) is 31.6 Å². The van der Waals surface area contributed by atoms with Crippen LogP contribution in [0.15, 0.2) is 24.3 Å². The summed E-state index contributed by atoms with van der Waals surface area (Å²) in [6, 6.07) is 7.26. The fourth-order valence-corrected chi connectivity index (χ4v) is 4.97. The van der Waals surface area contributed by atoms with Crippen molar-refractivity contribution in [3.63, 3.8) is 0 Å². The summed E-state index contributed by atoms with van der Waals surface area (Å²) in [4.78, 5) is 0. The molecule has 21 heavy (non-hydrogen) atoms. The number of nitrogens with zero attached hydrogens (tertiary/aromatic N) is 2. The number of benzene rings is 1. The summed E-state index contributed by atoms with van der Waals surface area (Å²) in [5.41, 5.74) is 1.19. The number of hydrogen-bond acceptors (Lipinski definition) is 3. The van der Waals surface area contributed by atoms with E-state index in [0.29, 0.717) is 32.1 Å². The van der Waals surface area contributed by atoms with Crippen LogP contribution in [0.1, 0.15) is 37.2 Å². The maximum atomic E-state index is 12.5. The number of aromatic hydroxyl groups is 1. The summed E-state index contributed by atoms with van der Waals surface area (Å²) in [6.45, 7) is 2.51. The van der Waals surface area contributed by atoms with Crippen LogP contribution in [0.2, 0.25) is 0 Å². The average Bonchev–Trinajstić information content (AvgIpc) is 3.03. The summed E-state index contributed by atoms with van der Waals surface area (Å²) in [5.74, 6) is 0.656. The molecule has 0 bridgehead atoms. The first-order valence-electron chi connectivity index (χ1n) is 7.61. The van der Waals surface area contributed by atoms with E-state index in [0.717, 1.165) is 25.7 Å². The van der Waals surface area contributed by atoms with Crippen molar-refractivity contribution < 1.29 is 13.5 Å². The lowest BCUT2D eigenvalue weighted by molar-refractivity contribution is 0.296. The number of phenolic OH excluding ortho intramolecular Hbond substituents is 1. The molecule has 0 radical (unpaired) electrons. The quantitative estimate of drug-likeness (QED) is 0.928. The average molecular weight is 310 g/mol. The van der Waals surface area contributed by atoms with Gasteiger partial charge in [-0.15, -0.1) is 0 Å². The Bertz CT molecular complexity index is 571. The molecular formula is C15H22N2O3S. The Morgan fingerprint density at radius 2 is 1.43 bits per heavy atom. The van der Waals surface area contributed by atoms with Crippen LogP contribution in [-0.2, 0) is 10.2 Å². The highest BCUT2D eigenvalue weighted by Crippen LogP contribution is 2.31. The van der Waals surface area contributed by atoms with Crippen molar-refractivity contribution in [3.05, 3.63) is 29.8 Å². The zero-order valence-corrected chi connectivity index (χ0v) is 12.9. The minimum absolute atomic E-state index is 0.271. The highest BCUT2D eigenvalue weighted by Gasteiger charge is 2.34. The van der Waals surface area contributed by atoms with Gasteiger partial charge in [-0.3, -0.25) is 0 Å². The van der Waals surface area contributed by atoms with Gasteiger partial charge in [-0.1, -0.05) is 12.1 Å². The molecular weight excluding hydrogens is 288 g/mol. The van der Waals surface area contributed by atoms with E-state index in [1.54, 1.807) is 20.7 Å². The van der Waals surface area contributed by atoms with Crippen LogP contribution in [0.3, 0.4) is 0 Å². The highest BCUT2D eigenvalue weighted by atomic mass is 32.2. The molecule has 116 valence electrons. The minimum Gasteiger partial charge on any atom is -0.508 e. The fraction of sp³-hybridized carbons (Fsp3) is 0.600. The molecule has 1 N–H and O–H groups in total. The molecule has 2 aliphatic heterocycles. The van der Waals surface area contributed by atoms with Gasteiger partial charge in [-0.25, -0.2) is 0 Å². The van der Waals surface area contributed by atoms with E-state index in [1.807, 2.05) is 12.1 Å². The van der Waals surface area contributed by atoms with Crippen molar-refractivity contribution in [3.8, 4) is 5.75 Å². The van der Waals surface area contributed by atoms with Crippen LogP contribution in [0.4, 0.5) is 0 Å². The molecule has 2 saturated heterocycles. The normalized spacial score (nSPS) is 22.7. The standard InChI is InChI=1S/C15H22N2O3S/c18-15-5-3-13(4-6-15)14-7-11-17(12-8-14)21(19,20)16-9-1-2-10-16/h3-6,14,18H,1-2,7-12H2. The van der Waals surface area contributed by atoms with E-state index in [1.165, 1.54) is 5.56 Å². The van der Waals surface area contributed by atoms with Gasteiger partial charge in [-0.2, -0.15) is 17.0 Å². The number of phenols is 1. The van der Waals surface area contributed by atoms with Gasteiger partial charge >= 0.3 is 0 Å². The maximum Gasteiger partial charge on any atom is 0.281 e. The number of rotatable bonds is 3. The van der Waals surface area contributed by atoms with E-state index in [2.05, 4.69) is 0 Å². The van der Waals surface area contributed by atoms with Gasteiger partial charge in [-0.05, 0) is 49.3 Å². The molecule has 3 rings (SSSR count). The van der Waals surface area contributed by atoms with E-state index in [-0.39, 0.29) is 5.75 Å². The van der Waals surface area contributed by atoms with Gasteiger partial charge in [0.15, 0.2) is 0 Å². The Kier molecular flexibility index (Phi) is 4.19. The molecule has 0 unspecified atom stereocenters. The van der Waals surface area contributed by atoms with Crippen molar-refractivity contribution >= 4 is 10.2 Å². The third-order valence-corrected chi connectivity index (χ3v) is 6.57. The first-order valence-corrected chi connectivity index (χ1v) is 9.01. The van der Waals surface area contributed by atoms with Crippen molar-refractivity contribution in [2.24, 2.45) is 0 Å². The second-order valence-electron chi connectivity index (χ2n) is 5.88. The second-order valence-corrected chi connectivity index (χ2v) is 7.81. The smallest absolute Gasteiger partial charge is 0.281 e. The molecule has 5 nitrogen and oxygen atoms in total. The lowest BCUT2D eigenvalue weighted by atomic mass is 9.90. The van der Waals surface area contributed by atoms with Crippen LogP contribution in [0, 0.1) is 0 Å². The molecule has 1 aromatic carbocycles. The second kappa shape index (κ2) is 5.94. The zero-order valence-electron chi connectivity index (χ0n) is 12.1. The summed E-state index contributed by atoms with van der Waals surface area (Å²) in [7, 11) is -3.25. The molecule has 2 fully saturated rings. The Hall–Kier alpha value is -1.11. The first-order chi connectivity index (χ1) is 10.1. The fourth-order valence-electron chi connectivity index (χ4n) is 3.25. The van der Waals surface area contributed by atoms with E-state index < -0.39 is 10.2 Å². The molecule has 0 spiro atoms. The largest absolute Gasteiger partial charge is 0.508 e. The zero-order chi connectivity index (χ0) is 14.9. The van der Waals surface area contributed by atoms with Crippen LogP contribution < -0.4 is 0 Å². The monoisotopic (exact) mass is 310 g/mol. The Labute approximate surface area is 126 Å². The Morgan fingerprint density at radius 3 is 2.00 bits per heavy atom. The predicted octanol–water partition coefficient (Wildman–Crippen LogP) is 1.91. The Balaban J connectivity index is 1.63. The van der Waals surface area contributed by atoms with Crippen molar-refractivity contribution in [1.29, 1.82) is 0 Å². The van der Waals surface area contributed by atoms with E-state index >= 15 is 0 Å². The van der Waals surface area contributed by atoms with Gasteiger partial charge in [0.1, 0.15) is 5.75 Å². The van der Waals surface area contributed by atoms with Crippen molar-refractivity contribution in [2.75, 3.05) is 26.2 Å². The summed E-state index contributed by atoms with van der Waals surface area (Å²) in [5, 5.41) is 9.33. The molecule has 0 atom stereocenters. The third kappa shape index (κ3) is 3.07. The third-order valence-electron chi connectivity index (χ3n) is 4.54. The molecule has 6 heteroatoms. The van der Waals surface area contributed by atoms with E-state index in [4.69, 9.17) is 0 Å². The van der Waals surface area contributed by atoms with Gasteiger partial charge in [0.05, 0.1) is 0 Å². The van der Waals surface area contributed by atoms with Gasteiger partial charge in [0.25, 0.3) is 10.2 Å². The molecule has 2 aliphatic rings. The van der Waals surface area contributed by atoms with Gasteiger partial charge in [0, 0.05) is 26.2 Å². The van der Waals surface area contributed by atoms with Crippen LogP contribution in [0.5, 0.6) is 5.75 Å². The lowest BCUT2D eigenvalue weighted by Gasteiger charge is -2.33. The topological polar surface area (TPSA) is 60.9 Å². The first kappa shape index (κ1) is 14.8. The summed E-state index contributed by atoms with van der Waals surface area (Å²) >= 11 is 0. The summed E-state index contributed by atoms with van der Waals surface area (Å²) in [6.07, 6.45) is 3.64. The lowest BCUT2D eigenvalue weighted by Crippen LogP contribution is -2.45.